The topological polar surface area (TPSA) is 93.5 Å². The van der Waals surface area contributed by atoms with Crippen molar-refractivity contribution in [3.63, 3.8) is 0 Å². The number of amides is 2. The number of benzene rings is 1. The molecule has 10 heteroatoms. The normalized spacial score (nSPS) is 17.1. The summed E-state index contributed by atoms with van der Waals surface area (Å²) >= 11 is 6.16. The molecule has 0 spiro atoms. The molecule has 0 bridgehead atoms. The van der Waals surface area contributed by atoms with Crippen LogP contribution in [0.4, 0.5) is 4.79 Å². The second kappa shape index (κ2) is 9.68. The van der Waals surface area contributed by atoms with Crippen molar-refractivity contribution in [3.05, 3.63) is 46.2 Å². The van der Waals surface area contributed by atoms with Crippen molar-refractivity contribution in [2.75, 3.05) is 19.6 Å². The highest BCUT2D eigenvalue weighted by molar-refractivity contribution is 6.30. The van der Waals surface area contributed by atoms with E-state index in [0.29, 0.717) is 37.0 Å². The predicted octanol–water partition coefficient (Wildman–Crippen LogP) is 3.16. The number of ether oxygens (including phenoxy) is 1. The molecule has 1 aromatic heterocycles. The number of halogens is 1. The van der Waals surface area contributed by atoms with Gasteiger partial charge in [-0.25, -0.2) is 4.79 Å². The Morgan fingerprint density at radius 1 is 1.28 bits per heavy atom. The third kappa shape index (κ3) is 6.29. The highest BCUT2D eigenvalue weighted by atomic mass is 35.5. The molecule has 0 aliphatic carbocycles. The molecule has 0 radical (unpaired) electrons. The van der Waals surface area contributed by atoms with Crippen LogP contribution in [0.15, 0.2) is 24.3 Å². The van der Waals surface area contributed by atoms with Gasteiger partial charge in [-0.15, -0.1) is 10.2 Å². The Bertz CT molecular complexity index is 1010. The van der Waals surface area contributed by atoms with Crippen LogP contribution in [0.5, 0.6) is 0 Å². The van der Waals surface area contributed by atoms with Crippen LogP contribution in [0, 0.1) is 6.92 Å². The summed E-state index contributed by atoms with van der Waals surface area (Å²) in [4.78, 5) is 30.1. The van der Waals surface area contributed by atoms with E-state index in [1.807, 2.05) is 39.8 Å². The number of rotatable bonds is 4. The number of hydrogen-bond acceptors (Lipinski definition) is 6. The minimum atomic E-state index is -0.549. The van der Waals surface area contributed by atoms with Gasteiger partial charge in [0.25, 0.3) is 0 Å². The Morgan fingerprint density at radius 2 is 2.03 bits per heavy atom. The van der Waals surface area contributed by atoms with Crippen molar-refractivity contribution in [2.45, 2.75) is 52.8 Å². The second-order valence-electron chi connectivity index (χ2n) is 8.85. The SMILES string of the molecule is Cc1nnn(Cc2cc(Cl)ccc2C=CC(=O)N2CCN(C(=O)OC(C)(C)C)CC2C)n1. The van der Waals surface area contributed by atoms with Gasteiger partial charge < -0.3 is 14.5 Å². The summed E-state index contributed by atoms with van der Waals surface area (Å²) in [5.74, 6) is 0.468. The summed E-state index contributed by atoms with van der Waals surface area (Å²) in [6.07, 6.45) is 2.96. The maximum absolute atomic E-state index is 12.9. The van der Waals surface area contributed by atoms with Crippen molar-refractivity contribution in [3.8, 4) is 0 Å². The fourth-order valence-corrected chi connectivity index (χ4v) is 3.65. The molecule has 1 aliphatic rings. The van der Waals surface area contributed by atoms with Gasteiger partial charge in [-0.2, -0.15) is 4.80 Å². The van der Waals surface area contributed by atoms with Gasteiger partial charge in [0.15, 0.2) is 5.82 Å². The Kier molecular flexibility index (Phi) is 7.18. The molecule has 1 aromatic carbocycles. The first-order valence-corrected chi connectivity index (χ1v) is 10.9. The van der Waals surface area contributed by atoms with Crippen LogP contribution >= 0.6 is 11.6 Å². The quantitative estimate of drug-likeness (QED) is 0.650. The molecule has 1 aliphatic heterocycles. The number of carbonyl (C=O) groups is 2. The molecule has 9 nitrogen and oxygen atoms in total. The summed E-state index contributed by atoms with van der Waals surface area (Å²) < 4.78 is 5.44. The molecule has 0 N–H and O–H groups in total. The van der Waals surface area contributed by atoms with E-state index in [4.69, 9.17) is 16.3 Å². The molecule has 1 saturated heterocycles. The Hall–Kier alpha value is -2.94. The van der Waals surface area contributed by atoms with Crippen molar-refractivity contribution in [1.29, 1.82) is 0 Å². The van der Waals surface area contributed by atoms with Crippen molar-refractivity contribution in [2.24, 2.45) is 0 Å². The summed E-state index contributed by atoms with van der Waals surface area (Å²) in [5.41, 5.74) is 1.17. The lowest BCUT2D eigenvalue weighted by Gasteiger charge is -2.39. The zero-order valence-corrected chi connectivity index (χ0v) is 19.8. The third-order valence-corrected chi connectivity index (χ3v) is 5.17. The Labute approximate surface area is 193 Å². The van der Waals surface area contributed by atoms with Crippen LogP contribution in [0.2, 0.25) is 5.02 Å². The van der Waals surface area contributed by atoms with E-state index in [2.05, 4.69) is 15.4 Å². The van der Waals surface area contributed by atoms with Crippen molar-refractivity contribution in [1.82, 2.24) is 30.0 Å². The number of aromatic nitrogens is 4. The largest absolute Gasteiger partial charge is 0.444 e. The lowest BCUT2D eigenvalue weighted by Crippen LogP contribution is -2.55. The molecule has 2 aromatic rings. The smallest absolute Gasteiger partial charge is 0.410 e. The number of nitrogens with zero attached hydrogens (tertiary/aromatic N) is 6. The molecular weight excluding hydrogens is 432 g/mol. The van der Waals surface area contributed by atoms with Gasteiger partial charge >= 0.3 is 6.09 Å². The molecule has 0 saturated carbocycles. The molecule has 1 atom stereocenters. The van der Waals surface area contributed by atoms with Crippen molar-refractivity contribution < 1.29 is 14.3 Å². The third-order valence-electron chi connectivity index (χ3n) is 4.94. The van der Waals surface area contributed by atoms with Gasteiger partial charge in [-0.3, -0.25) is 4.79 Å². The highest BCUT2D eigenvalue weighted by Crippen LogP contribution is 2.20. The molecule has 172 valence electrons. The number of carbonyl (C=O) groups excluding carboxylic acids is 2. The minimum Gasteiger partial charge on any atom is -0.444 e. The van der Waals surface area contributed by atoms with Crippen LogP contribution in [-0.2, 0) is 16.1 Å². The Balaban J connectivity index is 1.66. The van der Waals surface area contributed by atoms with E-state index in [1.54, 1.807) is 34.9 Å². The molecule has 3 rings (SSSR count). The number of aryl methyl sites for hydroxylation is 1. The van der Waals surface area contributed by atoms with Crippen LogP contribution in [0.1, 0.15) is 44.6 Å². The van der Waals surface area contributed by atoms with Gasteiger partial charge in [0.1, 0.15) is 5.60 Å². The van der Waals surface area contributed by atoms with Gasteiger partial charge in [0.2, 0.25) is 5.91 Å². The van der Waals surface area contributed by atoms with Crippen LogP contribution in [0.3, 0.4) is 0 Å². The average molecular weight is 461 g/mol. The lowest BCUT2D eigenvalue weighted by atomic mass is 10.1. The number of piperazine rings is 1. The van der Waals surface area contributed by atoms with E-state index in [1.165, 1.54) is 4.80 Å². The summed E-state index contributed by atoms with van der Waals surface area (Å²) in [5, 5.41) is 12.7. The fraction of sp³-hybridized carbons (Fsp3) is 0.500. The summed E-state index contributed by atoms with van der Waals surface area (Å²) in [7, 11) is 0. The molecule has 1 unspecified atom stereocenters. The lowest BCUT2D eigenvalue weighted by molar-refractivity contribution is -0.130. The first-order valence-electron chi connectivity index (χ1n) is 10.5. The zero-order chi connectivity index (χ0) is 23.5. The summed E-state index contributed by atoms with van der Waals surface area (Å²) in [6.45, 7) is 10.9. The minimum absolute atomic E-state index is 0.114. The van der Waals surface area contributed by atoms with E-state index in [-0.39, 0.29) is 18.0 Å². The van der Waals surface area contributed by atoms with Crippen LogP contribution in [0.25, 0.3) is 6.08 Å². The second-order valence-corrected chi connectivity index (χ2v) is 9.29. The first kappa shape index (κ1) is 23.7. The zero-order valence-electron chi connectivity index (χ0n) is 19.1. The molecule has 2 amide bonds. The molecular formula is C22H29ClN6O3. The monoisotopic (exact) mass is 460 g/mol. The standard InChI is InChI=1S/C22H29ClN6O3/c1-15-13-27(21(31)32-22(3,4)5)10-11-28(15)20(30)9-7-17-6-8-19(23)12-18(17)14-29-25-16(2)24-26-29/h6-9,12,15H,10-11,13-14H2,1-5H3. The van der Waals surface area contributed by atoms with E-state index in [0.717, 1.165) is 11.1 Å². The van der Waals surface area contributed by atoms with Crippen LogP contribution < -0.4 is 0 Å². The molecule has 2 heterocycles. The number of hydrogen-bond donors (Lipinski definition) is 0. The first-order chi connectivity index (χ1) is 15.0. The van der Waals surface area contributed by atoms with Gasteiger partial charge in [-0.1, -0.05) is 17.7 Å². The predicted molar refractivity (Wildman–Crippen MR) is 121 cm³/mol. The molecule has 32 heavy (non-hydrogen) atoms. The van der Waals surface area contributed by atoms with Crippen molar-refractivity contribution >= 4 is 29.7 Å². The van der Waals surface area contributed by atoms with Crippen LogP contribution in [-0.4, -0.2) is 73.3 Å². The van der Waals surface area contributed by atoms with E-state index in [9.17, 15) is 9.59 Å². The van der Waals surface area contributed by atoms with Gasteiger partial charge in [0, 0.05) is 36.8 Å². The summed E-state index contributed by atoms with van der Waals surface area (Å²) in [6, 6.07) is 5.33. The van der Waals surface area contributed by atoms with Gasteiger partial charge in [-0.05, 0) is 69.2 Å². The fourth-order valence-electron chi connectivity index (χ4n) is 3.45. The van der Waals surface area contributed by atoms with Gasteiger partial charge in [0.05, 0.1) is 6.54 Å². The maximum Gasteiger partial charge on any atom is 0.410 e. The average Bonchev–Trinajstić information content (AvgIpc) is 3.10. The Morgan fingerprint density at radius 3 is 2.66 bits per heavy atom. The maximum atomic E-state index is 12.9. The number of tetrazole rings is 1. The molecule has 1 fully saturated rings. The van der Waals surface area contributed by atoms with E-state index < -0.39 is 5.60 Å². The van der Waals surface area contributed by atoms with E-state index >= 15 is 0 Å². The highest BCUT2D eigenvalue weighted by Gasteiger charge is 2.31.